The van der Waals surface area contributed by atoms with E-state index < -0.39 is 0 Å². The Hall–Kier alpha value is -1.36. The van der Waals surface area contributed by atoms with Crippen LogP contribution in [0.15, 0.2) is 12.3 Å². The maximum Gasteiger partial charge on any atom is 0.319 e. The Morgan fingerprint density at radius 3 is 2.83 bits per heavy atom. The van der Waals surface area contributed by atoms with Crippen LogP contribution in [0.1, 0.15) is 25.7 Å². The van der Waals surface area contributed by atoms with Crippen molar-refractivity contribution in [2.24, 2.45) is 17.6 Å². The van der Waals surface area contributed by atoms with E-state index in [2.05, 4.69) is 9.97 Å². The Bertz CT molecular complexity index is 373. The van der Waals surface area contributed by atoms with Gasteiger partial charge < -0.3 is 15.2 Å². The molecule has 0 bridgehead atoms. The maximum absolute atomic E-state index is 5.80. The summed E-state index contributed by atoms with van der Waals surface area (Å²) >= 11 is 0. The number of rotatable bonds is 5. The molecule has 1 aromatic heterocycles. The fourth-order valence-electron chi connectivity index (χ4n) is 2.50. The Kier molecular flexibility index (Phi) is 4.75. The van der Waals surface area contributed by atoms with Gasteiger partial charge in [-0.15, -0.1) is 0 Å². The highest BCUT2D eigenvalue weighted by Crippen LogP contribution is 2.29. The molecule has 2 N–H and O–H groups in total. The van der Waals surface area contributed by atoms with Crippen molar-refractivity contribution >= 4 is 0 Å². The van der Waals surface area contributed by atoms with Crippen molar-refractivity contribution in [1.29, 1.82) is 0 Å². The number of methoxy groups -OCH3 is 1. The molecule has 0 amide bonds. The highest BCUT2D eigenvalue weighted by molar-refractivity contribution is 5.10. The molecular formula is C13H21N3O2. The quantitative estimate of drug-likeness (QED) is 0.861. The molecule has 1 aliphatic carbocycles. The molecule has 100 valence electrons. The van der Waals surface area contributed by atoms with Gasteiger partial charge in [-0.2, -0.15) is 4.98 Å². The molecule has 1 aliphatic rings. The van der Waals surface area contributed by atoms with E-state index in [0.717, 1.165) is 6.54 Å². The summed E-state index contributed by atoms with van der Waals surface area (Å²) in [6.07, 6.45) is 6.59. The van der Waals surface area contributed by atoms with Crippen LogP contribution >= 0.6 is 0 Å². The maximum atomic E-state index is 5.80. The van der Waals surface area contributed by atoms with Crippen molar-refractivity contribution in [3.63, 3.8) is 0 Å². The van der Waals surface area contributed by atoms with E-state index in [4.69, 9.17) is 15.2 Å². The zero-order chi connectivity index (χ0) is 12.8. The zero-order valence-corrected chi connectivity index (χ0v) is 10.8. The largest absolute Gasteiger partial charge is 0.481 e. The number of hydrogen-bond donors (Lipinski definition) is 1. The molecule has 1 fully saturated rings. The van der Waals surface area contributed by atoms with Gasteiger partial charge in [-0.1, -0.05) is 12.8 Å². The lowest BCUT2D eigenvalue weighted by Crippen LogP contribution is -2.31. The summed E-state index contributed by atoms with van der Waals surface area (Å²) in [6, 6.07) is 2.09. The second-order valence-corrected chi connectivity index (χ2v) is 4.73. The molecule has 1 heterocycles. The fraction of sp³-hybridized carbons (Fsp3) is 0.692. The lowest BCUT2D eigenvalue weighted by molar-refractivity contribution is 0.144. The second-order valence-electron chi connectivity index (χ2n) is 4.73. The van der Waals surface area contributed by atoms with Crippen molar-refractivity contribution in [1.82, 2.24) is 9.97 Å². The van der Waals surface area contributed by atoms with Crippen LogP contribution in [0.4, 0.5) is 0 Å². The van der Waals surface area contributed by atoms with Gasteiger partial charge in [0.05, 0.1) is 13.7 Å². The van der Waals surface area contributed by atoms with Gasteiger partial charge in [0.25, 0.3) is 0 Å². The number of nitrogens with two attached hydrogens (primary N) is 1. The van der Waals surface area contributed by atoms with Crippen LogP contribution in [-0.4, -0.2) is 30.2 Å². The van der Waals surface area contributed by atoms with Gasteiger partial charge in [0.2, 0.25) is 5.88 Å². The summed E-state index contributed by atoms with van der Waals surface area (Å²) in [6.45, 7) is 1.39. The van der Waals surface area contributed by atoms with Crippen LogP contribution in [0.5, 0.6) is 11.9 Å². The van der Waals surface area contributed by atoms with Crippen molar-refractivity contribution in [2.45, 2.75) is 25.7 Å². The standard InChI is InChI=1S/C13H21N3O2/c1-17-12-6-7-15-13(16-12)18-9-11-5-3-2-4-10(11)8-14/h6-7,10-11H,2-5,8-9,14H2,1H3. The van der Waals surface area contributed by atoms with E-state index in [1.165, 1.54) is 25.7 Å². The molecule has 2 rings (SSSR count). The minimum atomic E-state index is 0.385. The van der Waals surface area contributed by atoms with E-state index in [9.17, 15) is 0 Å². The summed E-state index contributed by atoms with van der Waals surface area (Å²) in [5.74, 6) is 1.63. The summed E-state index contributed by atoms with van der Waals surface area (Å²) in [5.41, 5.74) is 5.80. The summed E-state index contributed by atoms with van der Waals surface area (Å²) in [4.78, 5) is 8.22. The van der Waals surface area contributed by atoms with Crippen LogP contribution in [0, 0.1) is 11.8 Å². The van der Waals surface area contributed by atoms with Crippen LogP contribution in [0.2, 0.25) is 0 Å². The lowest BCUT2D eigenvalue weighted by Gasteiger charge is -2.30. The van der Waals surface area contributed by atoms with E-state index in [-0.39, 0.29) is 0 Å². The molecule has 0 aromatic carbocycles. The van der Waals surface area contributed by atoms with Crippen molar-refractivity contribution in [3.05, 3.63) is 12.3 Å². The van der Waals surface area contributed by atoms with Gasteiger partial charge in [-0.3, -0.25) is 0 Å². The smallest absolute Gasteiger partial charge is 0.319 e. The SMILES string of the molecule is COc1ccnc(OCC2CCCCC2CN)n1. The first-order valence-electron chi connectivity index (χ1n) is 6.53. The third-order valence-corrected chi connectivity index (χ3v) is 3.61. The average molecular weight is 251 g/mol. The minimum Gasteiger partial charge on any atom is -0.481 e. The molecule has 2 atom stereocenters. The molecule has 1 aromatic rings. The van der Waals surface area contributed by atoms with E-state index in [0.29, 0.717) is 30.3 Å². The first-order chi connectivity index (χ1) is 8.83. The van der Waals surface area contributed by atoms with Gasteiger partial charge in [-0.25, -0.2) is 4.98 Å². The number of ether oxygens (including phenoxy) is 2. The van der Waals surface area contributed by atoms with Gasteiger partial charge >= 0.3 is 6.01 Å². The topological polar surface area (TPSA) is 70.3 Å². The molecular weight excluding hydrogens is 230 g/mol. The highest BCUT2D eigenvalue weighted by atomic mass is 16.5. The number of hydrogen-bond acceptors (Lipinski definition) is 5. The number of aromatic nitrogens is 2. The Morgan fingerprint density at radius 1 is 1.33 bits per heavy atom. The van der Waals surface area contributed by atoms with Gasteiger partial charge in [0.15, 0.2) is 0 Å². The second kappa shape index (κ2) is 6.54. The molecule has 1 saturated carbocycles. The van der Waals surface area contributed by atoms with Gasteiger partial charge in [-0.05, 0) is 31.2 Å². The molecule has 0 radical (unpaired) electrons. The number of nitrogens with zero attached hydrogens (tertiary/aromatic N) is 2. The summed E-state index contributed by atoms with van der Waals surface area (Å²) in [5, 5.41) is 0. The van der Waals surface area contributed by atoms with Crippen molar-refractivity contribution < 1.29 is 9.47 Å². The normalized spacial score (nSPS) is 23.7. The third kappa shape index (κ3) is 3.32. The van der Waals surface area contributed by atoms with E-state index in [1.54, 1.807) is 19.4 Å². The first-order valence-corrected chi connectivity index (χ1v) is 6.53. The Balaban J connectivity index is 1.89. The first kappa shape index (κ1) is 13.1. The zero-order valence-electron chi connectivity index (χ0n) is 10.8. The van der Waals surface area contributed by atoms with Gasteiger partial charge in [0.1, 0.15) is 0 Å². The molecule has 18 heavy (non-hydrogen) atoms. The van der Waals surface area contributed by atoms with E-state index in [1.807, 2.05) is 0 Å². The predicted octanol–water partition coefficient (Wildman–Crippen LogP) is 1.63. The summed E-state index contributed by atoms with van der Waals surface area (Å²) in [7, 11) is 1.58. The molecule has 5 heteroatoms. The van der Waals surface area contributed by atoms with Crippen LogP contribution in [0.25, 0.3) is 0 Å². The molecule has 5 nitrogen and oxygen atoms in total. The highest BCUT2D eigenvalue weighted by Gasteiger charge is 2.24. The van der Waals surface area contributed by atoms with Gasteiger partial charge in [0, 0.05) is 12.3 Å². The van der Waals surface area contributed by atoms with Crippen molar-refractivity contribution in [2.75, 3.05) is 20.3 Å². The minimum absolute atomic E-state index is 0.385. The Labute approximate surface area is 108 Å². The van der Waals surface area contributed by atoms with Crippen molar-refractivity contribution in [3.8, 4) is 11.9 Å². The third-order valence-electron chi connectivity index (χ3n) is 3.61. The molecule has 0 aliphatic heterocycles. The van der Waals surface area contributed by atoms with E-state index >= 15 is 0 Å². The average Bonchev–Trinajstić information content (AvgIpc) is 2.45. The molecule has 0 saturated heterocycles. The lowest BCUT2D eigenvalue weighted by atomic mass is 9.80. The van der Waals surface area contributed by atoms with Crippen LogP contribution in [-0.2, 0) is 0 Å². The monoisotopic (exact) mass is 251 g/mol. The molecule has 2 unspecified atom stereocenters. The Morgan fingerprint density at radius 2 is 2.11 bits per heavy atom. The van der Waals surface area contributed by atoms with Crippen LogP contribution in [0.3, 0.4) is 0 Å². The predicted molar refractivity (Wildman–Crippen MR) is 68.6 cm³/mol. The summed E-state index contributed by atoms with van der Waals surface area (Å²) < 4.78 is 10.7. The van der Waals surface area contributed by atoms with Crippen LogP contribution < -0.4 is 15.2 Å². The molecule has 0 spiro atoms. The fourth-order valence-corrected chi connectivity index (χ4v) is 2.50.